The molecule has 0 spiro atoms. The van der Waals surface area contributed by atoms with Crippen molar-refractivity contribution in [3.63, 3.8) is 0 Å². The van der Waals surface area contributed by atoms with Crippen LogP contribution in [0.25, 0.3) is 0 Å². The van der Waals surface area contributed by atoms with Crippen LogP contribution >= 0.6 is 11.6 Å². The van der Waals surface area contributed by atoms with Crippen LogP contribution in [0.1, 0.15) is 31.2 Å². The molecule has 2 aliphatic rings. The second-order valence-corrected chi connectivity index (χ2v) is 7.51. The summed E-state index contributed by atoms with van der Waals surface area (Å²) in [5.74, 6) is 1.05. The second-order valence-electron chi connectivity index (χ2n) is 7.07. The van der Waals surface area contributed by atoms with Crippen molar-refractivity contribution in [2.75, 3.05) is 18.0 Å². The van der Waals surface area contributed by atoms with E-state index in [9.17, 15) is 15.2 Å². The number of nitro groups is 1. The van der Waals surface area contributed by atoms with Gasteiger partial charge in [0.15, 0.2) is 6.54 Å². The van der Waals surface area contributed by atoms with Gasteiger partial charge in [0, 0.05) is 35.2 Å². The second kappa shape index (κ2) is 8.19. The van der Waals surface area contributed by atoms with Crippen molar-refractivity contribution in [2.45, 2.75) is 31.4 Å². The number of hydrogen-bond donors (Lipinski definition) is 1. The number of nitrogens with zero attached hydrogens (tertiary/aromatic N) is 3. The number of amidine groups is 1. The van der Waals surface area contributed by atoms with Gasteiger partial charge in [0.05, 0.1) is 11.5 Å². The molecule has 0 amide bonds. The van der Waals surface area contributed by atoms with Crippen LogP contribution in [-0.2, 0) is 5.72 Å². The molecule has 0 saturated heterocycles. The molecule has 0 radical (unpaired) electrons. The molecule has 0 aromatic heterocycles. The summed E-state index contributed by atoms with van der Waals surface area (Å²) in [5, 5.41) is 23.5. The summed E-state index contributed by atoms with van der Waals surface area (Å²) in [6.45, 7) is 1.02. The Morgan fingerprint density at radius 1 is 1.14 bits per heavy atom. The highest BCUT2D eigenvalue weighted by atomic mass is 79.9. The molecule has 6 nitrogen and oxygen atoms in total. The fourth-order valence-corrected chi connectivity index (χ4v) is 4.25. The number of β-amino-alcohol motifs (C(OH)–C–C–N with tert-alkyl or cyclic N) is 1. The number of nitro benzene ring substituents is 1. The van der Waals surface area contributed by atoms with E-state index in [2.05, 4.69) is 4.90 Å². The van der Waals surface area contributed by atoms with Crippen LogP contribution in [0.4, 0.5) is 11.4 Å². The van der Waals surface area contributed by atoms with E-state index in [1.807, 2.05) is 28.8 Å². The third-order valence-corrected chi connectivity index (χ3v) is 5.60. The van der Waals surface area contributed by atoms with Crippen molar-refractivity contribution < 1.29 is 31.6 Å². The van der Waals surface area contributed by atoms with Gasteiger partial charge in [-0.05, 0) is 31.4 Å². The first kappa shape index (κ1) is 20.8. The van der Waals surface area contributed by atoms with Crippen molar-refractivity contribution in [2.24, 2.45) is 0 Å². The largest absolute Gasteiger partial charge is 1.00 e. The van der Waals surface area contributed by atoms with E-state index in [1.165, 1.54) is 12.1 Å². The molecule has 148 valence electrons. The van der Waals surface area contributed by atoms with Crippen molar-refractivity contribution in [3.8, 4) is 0 Å². The number of aliphatic hydroxyl groups is 1. The number of halogens is 2. The maximum atomic E-state index is 11.7. The van der Waals surface area contributed by atoms with E-state index < -0.39 is 10.6 Å². The van der Waals surface area contributed by atoms with Gasteiger partial charge in [0.25, 0.3) is 17.2 Å². The van der Waals surface area contributed by atoms with E-state index in [1.54, 1.807) is 12.1 Å². The summed E-state index contributed by atoms with van der Waals surface area (Å²) >= 11 is 6.19. The standard InChI is InChI=1S/C20H21ClN3O3.BrH/c21-16-7-5-8-17(13-16)22-14-20(25,23-11-3-1-2-10-19(22)23)15-6-4-9-18(12-15)24(26)27;/h4-9,12-13,25H,1-3,10-11,14H2;1H/q+1;/p-1. The first-order valence-corrected chi connectivity index (χ1v) is 9.51. The summed E-state index contributed by atoms with van der Waals surface area (Å²) < 4.78 is 2.01. The van der Waals surface area contributed by atoms with Gasteiger partial charge in [-0.1, -0.05) is 29.8 Å². The smallest absolute Gasteiger partial charge is 0.271 e. The lowest BCUT2D eigenvalue weighted by molar-refractivity contribution is -0.658. The van der Waals surface area contributed by atoms with Crippen molar-refractivity contribution in [1.82, 2.24) is 0 Å². The van der Waals surface area contributed by atoms with Crippen LogP contribution in [-0.4, -0.2) is 33.5 Å². The van der Waals surface area contributed by atoms with E-state index in [4.69, 9.17) is 11.6 Å². The highest BCUT2D eigenvalue weighted by molar-refractivity contribution is 6.30. The maximum absolute atomic E-state index is 11.7. The van der Waals surface area contributed by atoms with Gasteiger partial charge in [-0.15, -0.1) is 0 Å². The number of hydrogen-bond acceptors (Lipinski definition) is 4. The lowest BCUT2D eigenvalue weighted by atomic mass is 10.0. The SMILES string of the molecule is O=[N+]([O-])c1cccc(C2(O)CN(c3cccc(Cl)c3)C3=[N+]2CCCCC3)c1.[Br-]. The fourth-order valence-electron chi connectivity index (χ4n) is 4.07. The quantitative estimate of drug-likeness (QED) is 0.415. The third kappa shape index (κ3) is 3.66. The molecule has 28 heavy (non-hydrogen) atoms. The summed E-state index contributed by atoms with van der Waals surface area (Å²) in [6.07, 6.45) is 3.97. The zero-order chi connectivity index (χ0) is 19.0. The van der Waals surface area contributed by atoms with E-state index in [0.29, 0.717) is 23.7 Å². The molecule has 1 unspecified atom stereocenters. The first-order chi connectivity index (χ1) is 13.0. The molecule has 0 saturated carbocycles. The molecule has 0 bridgehead atoms. The zero-order valence-corrected chi connectivity index (χ0v) is 17.6. The Morgan fingerprint density at radius 3 is 2.68 bits per heavy atom. The normalized spacial score (nSPS) is 21.7. The first-order valence-electron chi connectivity index (χ1n) is 9.13. The molecule has 2 aromatic carbocycles. The monoisotopic (exact) mass is 465 g/mol. The minimum absolute atomic E-state index is 0. The van der Waals surface area contributed by atoms with Gasteiger partial charge < -0.3 is 22.1 Å². The summed E-state index contributed by atoms with van der Waals surface area (Å²) in [6, 6.07) is 13.9. The summed E-state index contributed by atoms with van der Waals surface area (Å²) in [5.41, 5.74) is 0.137. The van der Waals surface area contributed by atoms with Crippen molar-refractivity contribution in [3.05, 3.63) is 69.2 Å². The molecule has 0 fully saturated rings. The Balaban J connectivity index is 0.00000225. The summed E-state index contributed by atoms with van der Waals surface area (Å²) in [4.78, 5) is 12.9. The minimum atomic E-state index is -1.31. The molecular formula is C20H21BrClN3O3. The van der Waals surface area contributed by atoms with Gasteiger partial charge in [0.2, 0.25) is 0 Å². The van der Waals surface area contributed by atoms with E-state index in [0.717, 1.165) is 37.2 Å². The molecule has 8 heteroatoms. The average molecular weight is 467 g/mol. The highest BCUT2D eigenvalue weighted by Crippen LogP contribution is 2.36. The Hall–Kier alpha value is -1.96. The highest BCUT2D eigenvalue weighted by Gasteiger charge is 2.52. The van der Waals surface area contributed by atoms with Crippen LogP contribution in [0.5, 0.6) is 0 Å². The van der Waals surface area contributed by atoms with Crippen LogP contribution in [0, 0.1) is 10.1 Å². The van der Waals surface area contributed by atoms with Crippen LogP contribution < -0.4 is 21.9 Å². The summed E-state index contributed by atoms with van der Waals surface area (Å²) in [7, 11) is 0. The molecule has 2 aliphatic heterocycles. The Labute approximate surface area is 179 Å². The predicted molar refractivity (Wildman–Crippen MR) is 104 cm³/mol. The number of rotatable bonds is 3. The third-order valence-electron chi connectivity index (χ3n) is 5.37. The topological polar surface area (TPSA) is 69.6 Å². The lowest BCUT2D eigenvalue weighted by Crippen LogP contribution is -3.00. The number of benzene rings is 2. The minimum Gasteiger partial charge on any atom is -1.00 e. The molecule has 2 aromatic rings. The molecule has 1 N–H and O–H groups in total. The Morgan fingerprint density at radius 2 is 1.93 bits per heavy atom. The van der Waals surface area contributed by atoms with Gasteiger partial charge in [-0.2, -0.15) is 0 Å². The van der Waals surface area contributed by atoms with Crippen LogP contribution in [0.3, 0.4) is 0 Å². The van der Waals surface area contributed by atoms with Crippen molar-refractivity contribution >= 4 is 28.8 Å². The molecule has 4 rings (SSSR count). The molecule has 1 atom stereocenters. The molecule has 2 heterocycles. The Bertz CT molecular complexity index is 936. The number of anilines is 1. The van der Waals surface area contributed by atoms with E-state index >= 15 is 0 Å². The maximum Gasteiger partial charge on any atom is 0.271 e. The predicted octanol–water partition coefficient (Wildman–Crippen LogP) is 0.902. The van der Waals surface area contributed by atoms with Gasteiger partial charge in [-0.3, -0.25) is 10.1 Å². The fraction of sp³-hybridized carbons (Fsp3) is 0.350. The zero-order valence-electron chi connectivity index (χ0n) is 15.2. The Kier molecular flexibility index (Phi) is 6.07. The average Bonchev–Trinajstić information content (AvgIpc) is 2.82. The van der Waals surface area contributed by atoms with Gasteiger partial charge in [0.1, 0.15) is 5.69 Å². The van der Waals surface area contributed by atoms with E-state index in [-0.39, 0.29) is 22.7 Å². The lowest BCUT2D eigenvalue weighted by Gasteiger charge is -2.23. The molecule has 0 aliphatic carbocycles. The van der Waals surface area contributed by atoms with Gasteiger partial charge in [-0.25, -0.2) is 9.48 Å². The van der Waals surface area contributed by atoms with Gasteiger partial charge >= 0.3 is 0 Å². The van der Waals surface area contributed by atoms with Crippen LogP contribution in [0.15, 0.2) is 48.5 Å². The van der Waals surface area contributed by atoms with Crippen LogP contribution in [0.2, 0.25) is 5.02 Å². The van der Waals surface area contributed by atoms with Crippen molar-refractivity contribution in [1.29, 1.82) is 0 Å². The number of non-ortho nitro benzene ring substituents is 1. The molecular weight excluding hydrogens is 446 g/mol.